The van der Waals surface area contributed by atoms with E-state index < -0.39 is 0 Å². The Hall–Kier alpha value is -1.87. The first-order valence-corrected chi connectivity index (χ1v) is 7.40. The predicted octanol–water partition coefficient (Wildman–Crippen LogP) is 4.17. The topological polar surface area (TPSA) is 21.3 Å². The van der Waals surface area contributed by atoms with Crippen LogP contribution in [0.5, 0.6) is 5.75 Å². The highest BCUT2D eigenvalue weighted by Crippen LogP contribution is 2.29. The lowest BCUT2D eigenvalue weighted by Crippen LogP contribution is -2.22. The molecule has 2 aromatic rings. The van der Waals surface area contributed by atoms with Gasteiger partial charge in [0.25, 0.3) is 0 Å². The van der Waals surface area contributed by atoms with Gasteiger partial charge in [0.05, 0.1) is 6.61 Å². The SMILES string of the molecule is CC(N[C@H](C)c1cccc(F)c1)c1ccc2c(c1)CCO2. The maximum absolute atomic E-state index is 13.3. The molecular weight excluding hydrogens is 265 g/mol. The van der Waals surface area contributed by atoms with Crippen LogP contribution in [0.2, 0.25) is 0 Å². The number of ether oxygens (including phenoxy) is 1. The van der Waals surface area contributed by atoms with Gasteiger partial charge < -0.3 is 10.1 Å². The molecule has 0 amide bonds. The summed E-state index contributed by atoms with van der Waals surface area (Å²) in [4.78, 5) is 0. The summed E-state index contributed by atoms with van der Waals surface area (Å²) in [5.74, 6) is 0.813. The van der Waals surface area contributed by atoms with E-state index in [4.69, 9.17) is 4.74 Å². The molecule has 3 heteroatoms. The molecule has 1 aliphatic heterocycles. The van der Waals surface area contributed by atoms with Gasteiger partial charge in [-0.05, 0) is 48.7 Å². The minimum atomic E-state index is -0.191. The number of rotatable bonds is 4. The first-order valence-electron chi connectivity index (χ1n) is 7.40. The van der Waals surface area contributed by atoms with Crippen molar-refractivity contribution in [1.82, 2.24) is 5.32 Å². The van der Waals surface area contributed by atoms with E-state index in [1.807, 2.05) is 12.1 Å². The summed E-state index contributed by atoms with van der Waals surface area (Å²) < 4.78 is 18.8. The first kappa shape index (κ1) is 14.1. The third kappa shape index (κ3) is 3.08. The van der Waals surface area contributed by atoms with Crippen LogP contribution in [-0.4, -0.2) is 6.61 Å². The van der Waals surface area contributed by atoms with Crippen LogP contribution >= 0.6 is 0 Å². The highest BCUT2D eigenvalue weighted by atomic mass is 19.1. The van der Waals surface area contributed by atoms with Crippen LogP contribution in [0.25, 0.3) is 0 Å². The zero-order valence-corrected chi connectivity index (χ0v) is 12.4. The lowest BCUT2D eigenvalue weighted by Gasteiger charge is -2.21. The van der Waals surface area contributed by atoms with Crippen LogP contribution in [0.4, 0.5) is 4.39 Å². The van der Waals surface area contributed by atoms with Crippen LogP contribution in [-0.2, 0) is 6.42 Å². The fourth-order valence-corrected chi connectivity index (χ4v) is 2.82. The Morgan fingerprint density at radius 1 is 1.05 bits per heavy atom. The zero-order valence-electron chi connectivity index (χ0n) is 12.4. The van der Waals surface area contributed by atoms with Crippen LogP contribution in [0, 0.1) is 5.82 Å². The number of halogens is 1. The van der Waals surface area contributed by atoms with Gasteiger partial charge in [0.2, 0.25) is 0 Å². The van der Waals surface area contributed by atoms with Crippen molar-refractivity contribution in [1.29, 1.82) is 0 Å². The Morgan fingerprint density at radius 2 is 1.81 bits per heavy atom. The summed E-state index contributed by atoms with van der Waals surface area (Å²) in [6.45, 7) is 4.97. The van der Waals surface area contributed by atoms with Crippen LogP contribution in [0.3, 0.4) is 0 Å². The smallest absolute Gasteiger partial charge is 0.123 e. The second-order valence-electron chi connectivity index (χ2n) is 5.63. The minimum Gasteiger partial charge on any atom is -0.493 e. The third-order valence-electron chi connectivity index (χ3n) is 4.06. The average molecular weight is 285 g/mol. The molecule has 2 nitrogen and oxygen atoms in total. The van der Waals surface area contributed by atoms with E-state index in [-0.39, 0.29) is 17.9 Å². The number of hydrogen-bond acceptors (Lipinski definition) is 2. The zero-order chi connectivity index (χ0) is 14.8. The van der Waals surface area contributed by atoms with Crippen molar-refractivity contribution in [2.75, 3.05) is 6.61 Å². The lowest BCUT2D eigenvalue weighted by atomic mass is 10.0. The summed E-state index contributed by atoms with van der Waals surface area (Å²) in [5, 5.41) is 3.52. The van der Waals surface area contributed by atoms with E-state index in [2.05, 4.69) is 31.3 Å². The molecule has 0 spiro atoms. The summed E-state index contributed by atoms with van der Waals surface area (Å²) in [6, 6.07) is 13.4. The van der Waals surface area contributed by atoms with E-state index in [1.165, 1.54) is 17.2 Å². The molecule has 0 bridgehead atoms. The molecule has 1 heterocycles. The van der Waals surface area contributed by atoms with Gasteiger partial charge in [-0.2, -0.15) is 0 Å². The quantitative estimate of drug-likeness (QED) is 0.910. The predicted molar refractivity (Wildman–Crippen MR) is 82.0 cm³/mol. The highest BCUT2D eigenvalue weighted by Gasteiger charge is 2.16. The molecule has 2 aromatic carbocycles. The number of benzene rings is 2. The van der Waals surface area contributed by atoms with Gasteiger partial charge >= 0.3 is 0 Å². The molecule has 1 unspecified atom stereocenters. The average Bonchev–Trinajstić information content (AvgIpc) is 2.94. The summed E-state index contributed by atoms with van der Waals surface area (Å²) in [6.07, 6.45) is 0.981. The number of nitrogens with one attached hydrogen (secondary N) is 1. The Bertz CT molecular complexity index is 641. The maximum atomic E-state index is 13.3. The molecule has 2 atom stereocenters. The fourth-order valence-electron chi connectivity index (χ4n) is 2.82. The Balaban J connectivity index is 1.72. The number of fused-ring (bicyclic) bond motifs is 1. The van der Waals surface area contributed by atoms with Gasteiger partial charge in [-0.25, -0.2) is 4.39 Å². The molecule has 3 rings (SSSR count). The summed E-state index contributed by atoms with van der Waals surface area (Å²) in [5.41, 5.74) is 3.48. The maximum Gasteiger partial charge on any atom is 0.123 e. The van der Waals surface area contributed by atoms with Crippen molar-refractivity contribution in [2.24, 2.45) is 0 Å². The molecule has 0 fully saturated rings. The Labute approximate surface area is 125 Å². The molecule has 0 saturated heterocycles. The van der Waals surface area contributed by atoms with E-state index >= 15 is 0 Å². The van der Waals surface area contributed by atoms with E-state index in [0.717, 1.165) is 24.3 Å². The van der Waals surface area contributed by atoms with Crippen LogP contribution in [0.15, 0.2) is 42.5 Å². The Kier molecular flexibility index (Phi) is 3.93. The van der Waals surface area contributed by atoms with E-state index in [1.54, 1.807) is 12.1 Å². The minimum absolute atomic E-state index is 0.0974. The lowest BCUT2D eigenvalue weighted by molar-refractivity contribution is 0.356. The van der Waals surface area contributed by atoms with Gasteiger partial charge in [-0.3, -0.25) is 0 Å². The molecule has 0 aliphatic carbocycles. The van der Waals surface area contributed by atoms with Crippen molar-refractivity contribution in [2.45, 2.75) is 32.4 Å². The first-order chi connectivity index (χ1) is 10.1. The molecule has 1 N–H and O–H groups in total. The van der Waals surface area contributed by atoms with Gasteiger partial charge in [-0.1, -0.05) is 24.3 Å². The van der Waals surface area contributed by atoms with Gasteiger partial charge in [-0.15, -0.1) is 0 Å². The fraction of sp³-hybridized carbons (Fsp3) is 0.333. The third-order valence-corrected chi connectivity index (χ3v) is 4.06. The summed E-state index contributed by atoms with van der Waals surface area (Å²) >= 11 is 0. The Morgan fingerprint density at radius 3 is 2.57 bits per heavy atom. The second kappa shape index (κ2) is 5.86. The monoisotopic (exact) mass is 285 g/mol. The molecule has 0 aromatic heterocycles. The molecule has 21 heavy (non-hydrogen) atoms. The van der Waals surface area contributed by atoms with Gasteiger partial charge in [0.1, 0.15) is 11.6 Å². The van der Waals surface area contributed by atoms with Gasteiger partial charge in [0, 0.05) is 18.5 Å². The molecular formula is C18H20FNO. The van der Waals surface area contributed by atoms with Gasteiger partial charge in [0.15, 0.2) is 0 Å². The van der Waals surface area contributed by atoms with Crippen molar-refractivity contribution >= 4 is 0 Å². The highest BCUT2D eigenvalue weighted by molar-refractivity contribution is 5.40. The van der Waals surface area contributed by atoms with Crippen LogP contribution < -0.4 is 10.1 Å². The van der Waals surface area contributed by atoms with E-state index in [9.17, 15) is 4.39 Å². The van der Waals surface area contributed by atoms with E-state index in [0.29, 0.717) is 0 Å². The molecule has 110 valence electrons. The second-order valence-corrected chi connectivity index (χ2v) is 5.63. The largest absolute Gasteiger partial charge is 0.493 e. The van der Waals surface area contributed by atoms with Crippen molar-refractivity contribution < 1.29 is 9.13 Å². The normalized spacial score (nSPS) is 16.1. The molecule has 1 aliphatic rings. The van der Waals surface area contributed by atoms with Crippen LogP contribution in [0.1, 0.15) is 42.6 Å². The molecule has 0 radical (unpaired) electrons. The van der Waals surface area contributed by atoms with Crippen molar-refractivity contribution in [3.63, 3.8) is 0 Å². The number of hydrogen-bond donors (Lipinski definition) is 1. The standard InChI is InChI=1S/C18H20FNO/c1-12(14-4-3-5-17(19)11-14)20-13(2)15-6-7-18-16(10-15)8-9-21-18/h3-7,10-13,20H,8-9H2,1-2H3/t12-,13?/m1/s1. The van der Waals surface area contributed by atoms with Crippen molar-refractivity contribution in [3.05, 3.63) is 65.0 Å². The van der Waals surface area contributed by atoms with Crippen molar-refractivity contribution in [3.8, 4) is 5.75 Å². The molecule has 0 saturated carbocycles. The summed E-state index contributed by atoms with van der Waals surface area (Å²) in [7, 11) is 0.